The number of likely N-dealkylation sites (tertiary alicyclic amines) is 1. The van der Waals surface area contributed by atoms with Gasteiger partial charge in [0.25, 0.3) is 11.5 Å². The first-order valence-corrected chi connectivity index (χ1v) is 12.6. The number of esters is 1. The van der Waals surface area contributed by atoms with E-state index in [2.05, 4.69) is 5.10 Å². The van der Waals surface area contributed by atoms with E-state index in [9.17, 15) is 19.2 Å². The van der Waals surface area contributed by atoms with Crippen LogP contribution in [-0.4, -0.2) is 57.9 Å². The summed E-state index contributed by atoms with van der Waals surface area (Å²) in [4.78, 5) is 54.6. The molecule has 1 saturated heterocycles. The van der Waals surface area contributed by atoms with Gasteiger partial charge in [-0.3, -0.25) is 19.0 Å². The first-order chi connectivity index (χ1) is 18.2. The Kier molecular flexibility index (Phi) is 8.09. The molecule has 10 heteroatoms. The molecule has 1 amide bonds. The predicted molar refractivity (Wildman–Crippen MR) is 141 cm³/mol. The van der Waals surface area contributed by atoms with Crippen LogP contribution in [0.4, 0.5) is 0 Å². The summed E-state index contributed by atoms with van der Waals surface area (Å²) < 4.78 is 12.5. The van der Waals surface area contributed by atoms with E-state index in [0.717, 1.165) is 20.4 Å². The highest BCUT2D eigenvalue weighted by molar-refractivity contribution is 5.92. The Labute approximate surface area is 220 Å². The maximum Gasteiger partial charge on any atom is 0.352 e. The van der Waals surface area contributed by atoms with E-state index in [1.54, 1.807) is 43.3 Å². The van der Waals surface area contributed by atoms with Crippen LogP contribution in [0.25, 0.3) is 5.69 Å². The van der Waals surface area contributed by atoms with E-state index in [-0.39, 0.29) is 31.4 Å². The topological polar surface area (TPSA) is 113 Å². The summed E-state index contributed by atoms with van der Waals surface area (Å²) in [6.45, 7) is 6.18. The second-order valence-corrected chi connectivity index (χ2v) is 9.47. The quantitative estimate of drug-likeness (QED) is 0.440. The predicted octanol–water partition coefficient (Wildman–Crippen LogP) is 2.48. The number of hydrogen-bond donors (Lipinski definition) is 0. The summed E-state index contributed by atoms with van der Waals surface area (Å²) in [6, 6.07) is 12.5. The van der Waals surface area contributed by atoms with Gasteiger partial charge >= 0.3 is 11.7 Å². The summed E-state index contributed by atoms with van der Waals surface area (Å²) in [6.07, 6.45) is 1.18. The Morgan fingerprint density at radius 2 is 1.82 bits per heavy atom. The van der Waals surface area contributed by atoms with Crippen molar-refractivity contribution in [3.8, 4) is 11.4 Å². The van der Waals surface area contributed by atoms with Crippen molar-refractivity contribution in [3.05, 3.63) is 85.7 Å². The van der Waals surface area contributed by atoms with Crippen LogP contribution in [0, 0.1) is 19.8 Å². The van der Waals surface area contributed by atoms with Crippen molar-refractivity contribution < 1.29 is 19.1 Å². The average molecular weight is 521 g/mol. The van der Waals surface area contributed by atoms with Gasteiger partial charge in [-0.05, 0) is 74.6 Å². The van der Waals surface area contributed by atoms with Crippen molar-refractivity contribution in [2.75, 3.05) is 26.8 Å². The number of nitrogens with zero attached hydrogens (tertiary/aromatic N) is 4. The molecule has 0 spiro atoms. The lowest BCUT2D eigenvalue weighted by Gasteiger charge is -2.31. The minimum Gasteiger partial charge on any atom is -0.497 e. The summed E-state index contributed by atoms with van der Waals surface area (Å²) in [5.74, 6) is -0.888. The first-order valence-electron chi connectivity index (χ1n) is 12.6. The molecule has 38 heavy (non-hydrogen) atoms. The molecule has 200 valence electrons. The maximum atomic E-state index is 13.6. The number of methoxy groups -OCH3 is 1. The Morgan fingerprint density at radius 3 is 2.50 bits per heavy atom. The number of rotatable bonds is 7. The largest absolute Gasteiger partial charge is 0.497 e. The van der Waals surface area contributed by atoms with Crippen LogP contribution in [0.15, 0.2) is 52.1 Å². The van der Waals surface area contributed by atoms with Crippen LogP contribution in [0.1, 0.15) is 46.9 Å². The molecule has 0 aliphatic carbocycles. The third-order valence-corrected chi connectivity index (χ3v) is 6.52. The Morgan fingerprint density at radius 1 is 1.08 bits per heavy atom. The normalized spacial score (nSPS) is 15.3. The summed E-state index contributed by atoms with van der Waals surface area (Å²) in [5, 5.41) is 4.28. The highest BCUT2D eigenvalue weighted by Gasteiger charge is 2.32. The number of hydrogen-bond acceptors (Lipinski definition) is 7. The second kappa shape index (κ2) is 11.5. The lowest BCUT2D eigenvalue weighted by Crippen LogP contribution is -2.49. The molecule has 1 aliphatic rings. The fraction of sp³-hybridized carbons (Fsp3) is 0.393. The number of aromatic nitrogens is 3. The highest BCUT2D eigenvalue weighted by Crippen LogP contribution is 2.19. The summed E-state index contributed by atoms with van der Waals surface area (Å²) in [7, 11) is 1.53. The summed E-state index contributed by atoms with van der Waals surface area (Å²) in [5.41, 5.74) is 1.07. The van der Waals surface area contributed by atoms with E-state index < -0.39 is 23.1 Å². The molecule has 1 atom stereocenters. The van der Waals surface area contributed by atoms with Gasteiger partial charge in [0.1, 0.15) is 5.75 Å². The van der Waals surface area contributed by atoms with Crippen LogP contribution >= 0.6 is 0 Å². The highest BCUT2D eigenvalue weighted by atomic mass is 16.5. The molecule has 4 rings (SSSR count). The van der Waals surface area contributed by atoms with E-state index >= 15 is 0 Å². The monoisotopic (exact) mass is 520 g/mol. The van der Waals surface area contributed by atoms with Crippen molar-refractivity contribution in [1.29, 1.82) is 0 Å². The molecule has 1 aromatic heterocycles. The average Bonchev–Trinajstić information content (AvgIpc) is 2.90. The molecule has 10 nitrogen and oxygen atoms in total. The molecule has 3 aromatic rings. The molecule has 0 N–H and O–H groups in total. The zero-order chi connectivity index (χ0) is 27.4. The Hall–Kier alpha value is -4.21. The Bertz CT molecular complexity index is 1450. The van der Waals surface area contributed by atoms with E-state index in [1.807, 2.05) is 19.9 Å². The number of carbonyl (C=O) groups excluding carboxylic acids is 2. The number of carbonyl (C=O) groups is 2. The molecule has 1 aliphatic heterocycles. The molecule has 1 unspecified atom stereocenters. The second-order valence-electron chi connectivity index (χ2n) is 9.47. The van der Waals surface area contributed by atoms with Crippen molar-refractivity contribution in [1.82, 2.24) is 19.2 Å². The van der Waals surface area contributed by atoms with Gasteiger partial charge in [0.2, 0.25) is 5.69 Å². The van der Waals surface area contributed by atoms with E-state index in [4.69, 9.17) is 9.47 Å². The van der Waals surface area contributed by atoms with Crippen LogP contribution < -0.4 is 16.0 Å². The minimum absolute atomic E-state index is 0.0755. The number of ether oxygens (including phenoxy) is 2. The SMILES string of the molecule is CCOC(=O)C1CCCN(C(=O)c2nn(-c3cc(C)cc(C)c3)c(=O)n(Cc3cccc(OC)c3)c2=O)C1. The summed E-state index contributed by atoms with van der Waals surface area (Å²) >= 11 is 0. The molecular formula is C28H32N4O6. The van der Waals surface area contributed by atoms with Gasteiger partial charge in [-0.25, -0.2) is 4.79 Å². The van der Waals surface area contributed by atoms with E-state index in [1.165, 1.54) is 12.0 Å². The number of amides is 1. The van der Waals surface area contributed by atoms with E-state index in [0.29, 0.717) is 36.4 Å². The fourth-order valence-corrected chi connectivity index (χ4v) is 4.75. The molecule has 2 aromatic carbocycles. The molecule has 2 heterocycles. The zero-order valence-corrected chi connectivity index (χ0v) is 22.1. The smallest absolute Gasteiger partial charge is 0.352 e. The maximum absolute atomic E-state index is 13.6. The molecule has 0 radical (unpaired) electrons. The van der Waals surface area contributed by atoms with Gasteiger partial charge in [0.15, 0.2) is 0 Å². The van der Waals surface area contributed by atoms with Crippen molar-refractivity contribution >= 4 is 11.9 Å². The number of benzene rings is 2. The molecule has 0 saturated carbocycles. The van der Waals surface area contributed by atoms with Crippen LogP contribution in [0.2, 0.25) is 0 Å². The zero-order valence-electron chi connectivity index (χ0n) is 22.1. The molecule has 1 fully saturated rings. The van der Waals surface area contributed by atoms with Crippen molar-refractivity contribution in [3.63, 3.8) is 0 Å². The fourth-order valence-electron chi connectivity index (χ4n) is 4.75. The van der Waals surface area contributed by atoms with Gasteiger partial charge in [-0.1, -0.05) is 18.2 Å². The number of piperidine rings is 1. The van der Waals surface area contributed by atoms with Gasteiger partial charge in [0, 0.05) is 13.1 Å². The number of aryl methyl sites for hydroxylation is 2. The van der Waals surface area contributed by atoms with Gasteiger partial charge < -0.3 is 14.4 Å². The van der Waals surface area contributed by atoms with Crippen LogP contribution in [-0.2, 0) is 16.1 Å². The first kappa shape index (κ1) is 26.8. The van der Waals surface area contributed by atoms with Crippen molar-refractivity contribution in [2.24, 2.45) is 5.92 Å². The lowest BCUT2D eigenvalue weighted by atomic mass is 9.98. The van der Waals surface area contributed by atoms with Gasteiger partial charge in [-0.2, -0.15) is 9.78 Å². The van der Waals surface area contributed by atoms with Gasteiger partial charge in [0.05, 0.1) is 31.9 Å². The third kappa shape index (κ3) is 5.69. The van der Waals surface area contributed by atoms with Crippen LogP contribution in [0.3, 0.4) is 0 Å². The van der Waals surface area contributed by atoms with Gasteiger partial charge in [-0.15, -0.1) is 0 Å². The van der Waals surface area contributed by atoms with Crippen molar-refractivity contribution in [2.45, 2.75) is 40.2 Å². The third-order valence-electron chi connectivity index (χ3n) is 6.52. The molecular weight excluding hydrogens is 488 g/mol. The standard InChI is InChI=1S/C28H32N4O6/c1-5-38-27(35)21-9-7-11-30(17-21)25(33)24-26(34)31(16-20-8-6-10-23(15-20)37-4)28(36)32(29-24)22-13-18(2)12-19(3)14-22/h6,8,10,12-15,21H,5,7,9,11,16-17H2,1-4H3. The molecule has 0 bridgehead atoms. The lowest BCUT2D eigenvalue weighted by molar-refractivity contribution is -0.149. The van der Waals surface area contributed by atoms with Crippen LogP contribution in [0.5, 0.6) is 5.75 Å². The minimum atomic E-state index is -0.790. The Balaban J connectivity index is 1.82.